The summed E-state index contributed by atoms with van der Waals surface area (Å²) in [7, 11) is 0. The molecule has 0 saturated heterocycles. The highest BCUT2D eigenvalue weighted by Gasteiger charge is 2.27. The largest absolute Gasteiger partial charge is 0.461 e. The quantitative estimate of drug-likeness (QED) is 0.436. The van der Waals surface area contributed by atoms with Crippen molar-refractivity contribution >= 4 is 23.3 Å². The zero-order valence-corrected chi connectivity index (χ0v) is 12.7. The van der Waals surface area contributed by atoms with E-state index in [0.717, 1.165) is 0 Å². The second-order valence-electron chi connectivity index (χ2n) is 4.09. The Kier molecular flexibility index (Phi) is 4.89. The molecule has 6 nitrogen and oxygen atoms in total. The average molecular weight is 304 g/mol. The fourth-order valence-electron chi connectivity index (χ4n) is 1.26. The van der Waals surface area contributed by atoms with Crippen molar-refractivity contribution in [1.82, 2.24) is 9.36 Å². The number of aromatic nitrogens is 2. The van der Waals surface area contributed by atoms with Crippen LogP contribution in [0.1, 0.15) is 20.8 Å². The van der Waals surface area contributed by atoms with Crippen LogP contribution >= 0.6 is 23.3 Å². The Morgan fingerprint density at radius 2 is 2.32 bits per heavy atom. The molecule has 8 heteroatoms. The van der Waals surface area contributed by atoms with Gasteiger partial charge >= 0.3 is 0 Å². The van der Waals surface area contributed by atoms with E-state index in [1.165, 1.54) is 23.3 Å². The molecule has 0 radical (unpaired) electrons. The van der Waals surface area contributed by atoms with Gasteiger partial charge in [0.1, 0.15) is 6.26 Å². The summed E-state index contributed by atoms with van der Waals surface area (Å²) in [4.78, 5) is 4.22. The number of nitrogens with zero attached hydrogens (tertiary/aromatic N) is 2. The van der Waals surface area contributed by atoms with Crippen LogP contribution in [0.15, 0.2) is 17.2 Å². The first-order chi connectivity index (χ1) is 9.09. The third-order valence-corrected chi connectivity index (χ3v) is 3.52. The lowest BCUT2D eigenvalue weighted by Gasteiger charge is -2.17. The van der Waals surface area contributed by atoms with Crippen molar-refractivity contribution in [1.29, 1.82) is 0 Å². The molecule has 0 fully saturated rings. The first-order valence-electron chi connectivity index (χ1n) is 5.82. The van der Waals surface area contributed by atoms with E-state index >= 15 is 0 Å². The van der Waals surface area contributed by atoms with Crippen LogP contribution in [0.2, 0.25) is 0 Å². The van der Waals surface area contributed by atoms with Crippen LogP contribution in [0.4, 0.5) is 0 Å². The van der Waals surface area contributed by atoms with Crippen molar-refractivity contribution in [2.24, 2.45) is 0 Å². The van der Waals surface area contributed by atoms with Gasteiger partial charge in [-0.25, -0.2) is 0 Å². The predicted octanol–water partition coefficient (Wildman–Crippen LogP) is 2.63. The Morgan fingerprint density at radius 1 is 1.47 bits per heavy atom. The minimum Gasteiger partial charge on any atom is -0.461 e. The van der Waals surface area contributed by atoms with Crippen molar-refractivity contribution in [3.63, 3.8) is 0 Å². The third kappa shape index (κ3) is 4.55. The maximum atomic E-state index is 5.50. The second-order valence-corrected chi connectivity index (χ2v) is 5.69. The van der Waals surface area contributed by atoms with Crippen molar-refractivity contribution in [2.75, 3.05) is 19.2 Å². The van der Waals surface area contributed by atoms with E-state index in [4.69, 9.17) is 18.9 Å². The summed E-state index contributed by atoms with van der Waals surface area (Å²) >= 11 is 2.65. The summed E-state index contributed by atoms with van der Waals surface area (Å²) < 4.78 is 25.7. The SMILES string of the molecule is CCOCSc1nsc(OCC2=COC(C)(C)O2)n1. The van der Waals surface area contributed by atoms with Gasteiger partial charge in [-0.3, -0.25) is 0 Å². The van der Waals surface area contributed by atoms with Gasteiger partial charge in [-0.05, 0) is 6.92 Å². The van der Waals surface area contributed by atoms with Gasteiger partial charge in [-0.1, -0.05) is 11.8 Å². The predicted molar refractivity (Wildman–Crippen MR) is 72.1 cm³/mol. The van der Waals surface area contributed by atoms with Crippen LogP contribution in [0, 0.1) is 0 Å². The third-order valence-electron chi connectivity index (χ3n) is 2.05. The number of hydrogen-bond acceptors (Lipinski definition) is 8. The molecule has 0 saturated carbocycles. The van der Waals surface area contributed by atoms with E-state index in [-0.39, 0.29) is 6.61 Å². The molecular weight excluding hydrogens is 288 g/mol. The van der Waals surface area contributed by atoms with Gasteiger partial charge in [0.05, 0.1) is 5.94 Å². The highest BCUT2D eigenvalue weighted by atomic mass is 32.2. The molecule has 106 valence electrons. The molecule has 0 N–H and O–H groups in total. The van der Waals surface area contributed by atoms with E-state index in [1.807, 2.05) is 20.8 Å². The summed E-state index contributed by atoms with van der Waals surface area (Å²) in [5.41, 5.74) is 0. The van der Waals surface area contributed by atoms with Gasteiger partial charge in [-0.2, -0.15) is 9.36 Å². The Morgan fingerprint density at radius 3 is 3.00 bits per heavy atom. The number of ether oxygens (including phenoxy) is 4. The minimum absolute atomic E-state index is 0.286. The van der Waals surface area contributed by atoms with E-state index in [1.54, 1.807) is 6.26 Å². The summed E-state index contributed by atoms with van der Waals surface area (Å²) in [6.45, 7) is 6.59. The molecular formula is C11H16N2O4S2. The summed E-state index contributed by atoms with van der Waals surface area (Å²) in [5.74, 6) is 0.574. The Hall–Kier alpha value is -0.990. The molecule has 1 aliphatic heterocycles. The topological polar surface area (TPSA) is 62.7 Å². The molecule has 0 unspecified atom stereocenters. The molecule has 1 aromatic heterocycles. The summed E-state index contributed by atoms with van der Waals surface area (Å²) in [5, 5.41) is 1.17. The van der Waals surface area contributed by atoms with Gasteiger partial charge < -0.3 is 18.9 Å². The highest BCUT2D eigenvalue weighted by Crippen LogP contribution is 2.26. The fourth-order valence-corrected chi connectivity index (χ4v) is 2.58. The van der Waals surface area contributed by atoms with Gasteiger partial charge in [0, 0.05) is 32.0 Å². The maximum absolute atomic E-state index is 5.50. The minimum atomic E-state index is -0.613. The molecule has 0 aromatic carbocycles. The lowest BCUT2D eigenvalue weighted by molar-refractivity contribution is -0.119. The number of rotatable bonds is 7. The van der Waals surface area contributed by atoms with Gasteiger partial charge in [0.15, 0.2) is 12.4 Å². The van der Waals surface area contributed by atoms with Crippen LogP contribution < -0.4 is 4.74 Å². The molecule has 0 atom stereocenters. The molecule has 0 amide bonds. The Bertz CT molecular complexity index is 448. The first-order valence-corrected chi connectivity index (χ1v) is 7.58. The smallest absolute Gasteiger partial charge is 0.294 e. The summed E-state index contributed by atoms with van der Waals surface area (Å²) in [6.07, 6.45) is 1.56. The van der Waals surface area contributed by atoms with Crippen LogP contribution in [0.5, 0.6) is 5.19 Å². The normalized spacial score (nSPS) is 16.7. The zero-order chi connectivity index (χ0) is 13.7. The van der Waals surface area contributed by atoms with Crippen LogP contribution in [0.25, 0.3) is 0 Å². The molecule has 19 heavy (non-hydrogen) atoms. The molecule has 0 aliphatic carbocycles. The van der Waals surface area contributed by atoms with Crippen LogP contribution in [-0.4, -0.2) is 34.3 Å². The van der Waals surface area contributed by atoms with Crippen LogP contribution in [-0.2, 0) is 14.2 Å². The van der Waals surface area contributed by atoms with Crippen molar-refractivity contribution in [3.05, 3.63) is 12.0 Å². The van der Waals surface area contributed by atoms with E-state index in [0.29, 0.717) is 28.7 Å². The highest BCUT2D eigenvalue weighted by molar-refractivity contribution is 7.99. The van der Waals surface area contributed by atoms with E-state index in [2.05, 4.69) is 9.36 Å². The molecule has 2 heterocycles. The number of hydrogen-bond donors (Lipinski definition) is 0. The first kappa shape index (κ1) is 14.4. The standard InChI is InChI=1S/C11H16N2O4S2/c1-4-14-7-18-9-12-10(19-13-9)15-5-8-6-16-11(2,3)17-8/h6H,4-5,7H2,1-3H3. The van der Waals surface area contributed by atoms with Gasteiger partial charge in [0.2, 0.25) is 10.9 Å². The summed E-state index contributed by atoms with van der Waals surface area (Å²) in [6, 6.07) is 0. The number of thioether (sulfide) groups is 1. The van der Waals surface area contributed by atoms with Gasteiger partial charge in [0.25, 0.3) is 5.19 Å². The van der Waals surface area contributed by atoms with Crippen molar-refractivity contribution in [2.45, 2.75) is 31.7 Å². The fraction of sp³-hybridized carbons (Fsp3) is 0.636. The van der Waals surface area contributed by atoms with Crippen LogP contribution in [0.3, 0.4) is 0 Å². The Labute approximate surface area is 120 Å². The Balaban J connectivity index is 1.75. The maximum Gasteiger partial charge on any atom is 0.294 e. The molecule has 1 aliphatic rings. The van der Waals surface area contributed by atoms with Gasteiger partial charge in [-0.15, -0.1) is 0 Å². The second kappa shape index (κ2) is 6.44. The molecule has 0 spiro atoms. The van der Waals surface area contributed by atoms with E-state index < -0.39 is 5.79 Å². The average Bonchev–Trinajstić information content (AvgIpc) is 2.94. The lowest BCUT2D eigenvalue weighted by Crippen LogP contribution is -2.21. The molecule has 0 bridgehead atoms. The molecule has 1 aromatic rings. The monoisotopic (exact) mass is 304 g/mol. The van der Waals surface area contributed by atoms with Crippen molar-refractivity contribution < 1.29 is 18.9 Å². The lowest BCUT2D eigenvalue weighted by atomic mass is 10.4. The van der Waals surface area contributed by atoms with Crippen molar-refractivity contribution in [3.8, 4) is 5.19 Å². The van der Waals surface area contributed by atoms with E-state index in [9.17, 15) is 0 Å². The zero-order valence-electron chi connectivity index (χ0n) is 11.0. The molecule has 2 rings (SSSR count).